The number of ether oxygens (including phenoxy) is 2. The number of hydrogen-bond acceptors (Lipinski definition) is 5. The molecule has 0 aliphatic heterocycles. The topological polar surface area (TPSA) is 88.7 Å². The van der Waals surface area contributed by atoms with Gasteiger partial charge in [-0.1, -0.05) is 13.0 Å². The van der Waals surface area contributed by atoms with Crippen LogP contribution in [0.25, 0.3) is 0 Å². The molecule has 3 N–H and O–H groups in total. The molecule has 0 spiro atoms. The molecule has 0 radical (unpaired) electrons. The van der Waals surface area contributed by atoms with Crippen LogP contribution in [0, 0.1) is 0 Å². The first kappa shape index (κ1) is 22.2. The number of anilines is 2. The zero-order valence-corrected chi connectivity index (χ0v) is 17.2. The lowest BCUT2D eigenvalue weighted by Crippen LogP contribution is -2.27. The lowest BCUT2D eigenvalue weighted by molar-refractivity contribution is -0.114. The summed E-state index contributed by atoms with van der Waals surface area (Å²) in [5, 5.41) is 8.64. The van der Waals surface area contributed by atoms with Gasteiger partial charge in [-0.25, -0.2) is 0 Å². The van der Waals surface area contributed by atoms with E-state index in [1.807, 2.05) is 31.2 Å². The number of benzene rings is 2. The SMILES string of the molecule is CCC(C)Oc1cccc(NCC(=O)Nc2ccc(C(=O)NCCOC)cc2)c1. The van der Waals surface area contributed by atoms with E-state index in [1.54, 1.807) is 31.4 Å². The van der Waals surface area contributed by atoms with Crippen LogP contribution in [0.2, 0.25) is 0 Å². The second-order valence-corrected chi connectivity index (χ2v) is 6.59. The monoisotopic (exact) mass is 399 g/mol. The number of rotatable bonds is 11. The number of carbonyl (C=O) groups excluding carboxylic acids is 2. The van der Waals surface area contributed by atoms with Crippen LogP contribution in [0.5, 0.6) is 5.75 Å². The van der Waals surface area contributed by atoms with E-state index < -0.39 is 0 Å². The van der Waals surface area contributed by atoms with Crippen molar-refractivity contribution in [1.29, 1.82) is 0 Å². The van der Waals surface area contributed by atoms with Gasteiger partial charge in [0.15, 0.2) is 0 Å². The van der Waals surface area contributed by atoms with Gasteiger partial charge in [-0.15, -0.1) is 0 Å². The molecule has 7 nitrogen and oxygen atoms in total. The second kappa shape index (κ2) is 11.7. The first-order chi connectivity index (χ1) is 14.0. The van der Waals surface area contributed by atoms with Gasteiger partial charge in [-0.3, -0.25) is 9.59 Å². The van der Waals surface area contributed by atoms with Crippen molar-refractivity contribution in [3.05, 3.63) is 54.1 Å². The third-order valence-corrected chi connectivity index (χ3v) is 4.22. The average Bonchev–Trinajstić information content (AvgIpc) is 2.73. The molecule has 0 bridgehead atoms. The summed E-state index contributed by atoms with van der Waals surface area (Å²) >= 11 is 0. The summed E-state index contributed by atoms with van der Waals surface area (Å²) in [5.41, 5.74) is 1.96. The molecule has 2 aromatic carbocycles. The van der Waals surface area contributed by atoms with E-state index in [0.717, 1.165) is 17.9 Å². The second-order valence-electron chi connectivity index (χ2n) is 6.59. The molecular weight excluding hydrogens is 370 g/mol. The molecule has 0 heterocycles. The summed E-state index contributed by atoms with van der Waals surface area (Å²) in [6, 6.07) is 14.3. The summed E-state index contributed by atoms with van der Waals surface area (Å²) in [6.45, 7) is 5.11. The van der Waals surface area contributed by atoms with Crippen LogP contribution in [-0.2, 0) is 9.53 Å². The molecule has 7 heteroatoms. The predicted octanol–water partition coefficient (Wildman–Crippen LogP) is 3.29. The van der Waals surface area contributed by atoms with Gasteiger partial charge in [0.25, 0.3) is 5.91 Å². The quantitative estimate of drug-likeness (QED) is 0.505. The fourth-order valence-electron chi connectivity index (χ4n) is 2.46. The summed E-state index contributed by atoms with van der Waals surface area (Å²) < 4.78 is 10.7. The number of amides is 2. The summed E-state index contributed by atoms with van der Waals surface area (Å²) in [5.74, 6) is 0.403. The number of hydrogen-bond donors (Lipinski definition) is 3. The third kappa shape index (κ3) is 7.83. The molecule has 29 heavy (non-hydrogen) atoms. The van der Waals surface area contributed by atoms with Crippen molar-refractivity contribution in [3.63, 3.8) is 0 Å². The Balaban J connectivity index is 1.82. The van der Waals surface area contributed by atoms with E-state index in [0.29, 0.717) is 24.4 Å². The predicted molar refractivity (Wildman–Crippen MR) is 115 cm³/mol. The van der Waals surface area contributed by atoms with Crippen molar-refractivity contribution in [1.82, 2.24) is 5.32 Å². The lowest BCUT2D eigenvalue weighted by Gasteiger charge is -2.14. The van der Waals surface area contributed by atoms with E-state index in [4.69, 9.17) is 9.47 Å². The van der Waals surface area contributed by atoms with E-state index in [9.17, 15) is 9.59 Å². The largest absolute Gasteiger partial charge is 0.491 e. The minimum atomic E-state index is -0.185. The molecule has 0 aromatic heterocycles. The maximum Gasteiger partial charge on any atom is 0.251 e. The normalized spacial score (nSPS) is 11.4. The van der Waals surface area contributed by atoms with E-state index in [1.165, 1.54) is 0 Å². The lowest BCUT2D eigenvalue weighted by atomic mass is 10.2. The van der Waals surface area contributed by atoms with Crippen LogP contribution in [-0.4, -0.2) is 44.7 Å². The standard InChI is InChI=1S/C22H29N3O4/c1-4-16(2)29-20-7-5-6-19(14-20)24-15-21(26)25-18-10-8-17(9-11-18)22(27)23-12-13-28-3/h5-11,14,16,24H,4,12-13,15H2,1-3H3,(H,23,27)(H,25,26). The fraction of sp³-hybridized carbons (Fsp3) is 0.364. The Kier molecular flexibility index (Phi) is 8.98. The van der Waals surface area contributed by atoms with Crippen molar-refractivity contribution < 1.29 is 19.1 Å². The minimum Gasteiger partial charge on any atom is -0.491 e. The van der Waals surface area contributed by atoms with Gasteiger partial charge < -0.3 is 25.4 Å². The average molecular weight is 399 g/mol. The van der Waals surface area contributed by atoms with Gasteiger partial charge in [-0.05, 0) is 49.7 Å². The zero-order chi connectivity index (χ0) is 21.1. The summed E-state index contributed by atoms with van der Waals surface area (Å²) in [4.78, 5) is 24.1. The van der Waals surface area contributed by atoms with Crippen molar-refractivity contribution in [2.45, 2.75) is 26.4 Å². The molecule has 0 aliphatic rings. The van der Waals surface area contributed by atoms with Gasteiger partial charge in [0, 0.05) is 36.7 Å². The Bertz CT molecular complexity index is 793. The molecule has 0 fully saturated rings. The highest BCUT2D eigenvalue weighted by molar-refractivity contribution is 5.96. The summed E-state index contributed by atoms with van der Waals surface area (Å²) in [7, 11) is 1.58. The molecular formula is C22H29N3O4. The van der Waals surface area contributed by atoms with Crippen LogP contribution < -0.4 is 20.7 Å². The smallest absolute Gasteiger partial charge is 0.251 e. The van der Waals surface area contributed by atoms with Gasteiger partial charge in [0.1, 0.15) is 5.75 Å². The maximum absolute atomic E-state index is 12.2. The van der Waals surface area contributed by atoms with Crippen LogP contribution >= 0.6 is 0 Å². The zero-order valence-electron chi connectivity index (χ0n) is 17.2. The molecule has 2 amide bonds. The van der Waals surface area contributed by atoms with Crippen LogP contribution in [0.1, 0.15) is 30.6 Å². The van der Waals surface area contributed by atoms with E-state index in [2.05, 4.69) is 22.9 Å². The Labute approximate surface area is 171 Å². The van der Waals surface area contributed by atoms with Crippen molar-refractivity contribution in [2.75, 3.05) is 37.4 Å². The highest BCUT2D eigenvalue weighted by Gasteiger charge is 2.07. The highest BCUT2D eigenvalue weighted by atomic mass is 16.5. The molecule has 2 rings (SSSR count). The Morgan fingerprint density at radius 2 is 1.83 bits per heavy atom. The van der Waals surface area contributed by atoms with E-state index in [-0.39, 0.29) is 24.5 Å². The van der Waals surface area contributed by atoms with Crippen molar-refractivity contribution >= 4 is 23.2 Å². The molecule has 0 aliphatic carbocycles. The highest BCUT2D eigenvalue weighted by Crippen LogP contribution is 2.19. The molecule has 0 saturated heterocycles. The number of methoxy groups -OCH3 is 1. The molecule has 0 saturated carbocycles. The van der Waals surface area contributed by atoms with E-state index >= 15 is 0 Å². The summed E-state index contributed by atoms with van der Waals surface area (Å²) in [6.07, 6.45) is 1.06. The molecule has 156 valence electrons. The number of nitrogens with one attached hydrogen (secondary N) is 3. The van der Waals surface area contributed by atoms with Gasteiger partial charge in [-0.2, -0.15) is 0 Å². The Morgan fingerprint density at radius 1 is 1.07 bits per heavy atom. The van der Waals surface area contributed by atoms with Gasteiger partial charge in [0.05, 0.1) is 19.3 Å². The Hall–Kier alpha value is -3.06. The fourth-order valence-corrected chi connectivity index (χ4v) is 2.46. The first-order valence-corrected chi connectivity index (χ1v) is 9.69. The molecule has 2 aromatic rings. The minimum absolute atomic E-state index is 0.117. The first-order valence-electron chi connectivity index (χ1n) is 9.69. The third-order valence-electron chi connectivity index (χ3n) is 4.22. The van der Waals surface area contributed by atoms with Gasteiger partial charge >= 0.3 is 0 Å². The molecule has 1 unspecified atom stereocenters. The Morgan fingerprint density at radius 3 is 2.52 bits per heavy atom. The molecule has 1 atom stereocenters. The maximum atomic E-state index is 12.2. The van der Waals surface area contributed by atoms with Crippen LogP contribution in [0.3, 0.4) is 0 Å². The number of carbonyl (C=O) groups is 2. The van der Waals surface area contributed by atoms with Crippen molar-refractivity contribution in [3.8, 4) is 5.75 Å². The van der Waals surface area contributed by atoms with Crippen LogP contribution in [0.4, 0.5) is 11.4 Å². The van der Waals surface area contributed by atoms with Crippen molar-refractivity contribution in [2.24, 2.45) is 0 Å². The van der Waals surface area contributed by atoms with Crippen LogP contribution in [0.15, 0.2) is 48.5 Å². The van der Waals surface area contributed by atoms with Gasteiger partial charge in [0.2, 0.25) is 5.91 Å².